The minimum atomic E-state index is -0.793. The Hall–Kier alpha value is 0.517. The van der Waals surface area contributed by atoms with E-state index in [1.54, 1.807) is 0 Å². The van der Waals surface area contributed by atoms with Crippen molar-refractivity contribution in [3.63, 3.8) is 0 Å². The first-order valence-corrected chi connectivity index (χ1v) is 30.2. The van der Waals surface area contributed by atoms with Gasteiger partial charge in [-0.1, -0.05) is 158 Å². The Labute approximate surface area is 477 Å². The molecule has 8 atom stereocenters. The fraction of sp³-hybridized carbons (Fsp3) is 0.875. The average molecular weight is 1300 g/mol. The molecule has 0 heterocycles. The molecule has 20 heteroatoms. The van der Waals surface area contributed by atoms with Gasteiger partial charge in [0.25, 0.3) is 0 Å². The van der Waals surface area contributed by atoms with Gasteiger partial charge < -0.3 is 20.4 Å². The van der Waals surface area contributed by atoms with Crippen LogP contribution in [0.5, 0.6) is 0 Å². The summed E-state index contributed by atoms with van der Waals surface area (Å²) < 4.78 is 10.6. The zero-order valence-corrected chi connectivity index (χ0v) is 54.7. The molecule has 12 nitrogen and oxygen atoms in total. The maximum Gasteiger partial charge on any atom is -0.197 e. The number of esters is 2. The van der Waals surface area contributed by atoms with Crippen LogP contribution in [-0.4, -0.2) is 137 Å². The molecule has 6 radical (unpaired) electrons. The monoisotopic (exact) mass is 1300 g/mol. The predicted molar refractivity (Wildman–Crippen MR) is 308 cm³/mol. The van der Waals surface area contributed by atoms with Gasteiger partial charge in [0.15, 0.2) is 0 Å². The second-order valence-electron chi connectivity index (χ2n) is 16.2. The summed E-state index contributed by atoms with van der Waals surface area (Å²) in [4.78, 5) is 62.6. The van der Waals surface area contributed by atoms with Crippen molar-refractivity contribution in [1.29, 1.82) is 0 Å². The topological polar surface area (TPSA) is 202 Å². The predicted octanol–water partition coefficient (Wildman–Crippen LogP) is 12.4. The summed E-state index contributed by atoms with van der Waals surface area (Å²) in [6.45, 7) is 17.1. The van der Waals surface area contributed by atoms with Crippen molar-refractivity contribution < 1.29 is 58.7 Å². The van der Waals surface area contributed by atoms with Crippen LogP contribution in [0.15, 0.2) is 0 Å². The fourth-order valence-corrected chi connectivity index (χ4v) is 8.36. The maximum absolute atomic E-state index is 10.5. The summed E-state index contributed by atoms with van der Waals surface area (Å²) in [7, 11) is 2.82. The molecule has 0 amide bonds. The molecular weight excluding hydrogens is 1200 g/mol. The van der Waals surface area contributed by atoms with Crippen LogP contribution < -0.4 is 0 Å². The first-order valence-electron chi connectivity index (χ1n) is 24.1. The van der Waals surface area contributed by atoms with Gasteiger partial charge >= 0.3 is 136 Å². The number of carboxylic acid groups (broad SMARTS) is 4. The van der Waals surface area contributed by atoms with Gasteiger partial charge in [0.1, 0.15) is 0 Å². The molecule has 0 fully saturated rings. The molecule has 8 unspecified atom stereocenters. The van der Waals surface area contributed by atoms with Gasteiger partial charge in [0.05, 0.1) is 21.0 Å². The van der Waals surface area contributed by atoms with E-state index in [-0.39, 0.29) is 38.9 Å². The number of hydrogen-bond acceptors (Lipinski definition) is 12. The smallest absolute Gasteiger partial charge is 0.197 e. The van der Waals surface area contributed by atoms with Crippen LogP contribution in [0, 0.1) is 23.7 Å². The van der Waals surface area contributed by atoms with Crippen LogP contribution in [0.4, 0.5) is 0 Å². The van der Waals surface area contributed by atoms with E-state index < -0.39 is 44.9 Å². The van der Waals surface area contributed by atoms with Gasteiger partial charge in [-0.15, -0.1) is 0 Å². The van der Waals surface area contributed by atoms with Gasteiger partial charge in [0.2, 0.25) is 0 Å². The second kappa shape index (κ2) is 63.6. The van der Waals surface area contributed by atoms with Crippen LogP contribution in [-0.2, 0) is 38.2 Å². The first kappa shape index (κ1) is 85.3. The third-order valence-electron chi connectivity index (χ3n) is 10.7. The SMILES string of the molecule is CCCCC(CC)CC(S)C(=O)O.CCCCC(CC)CC(S)C(=O)O.CCCCC(CC)CC(S)C(=O)O.CCCCC(CC)CC(S)C(=O)O.COC(=O)C[CH2][Sn].COC(=O)C[CH2][Sn].S.S. The van der Waals surface area contributed by atoms with Crippen LogP contribution in [0.3, 0.4) is 0 Å². The number of unbranched alkanes of at least 4 members (excludes halogenated alkanes) is 4. The Morgan fingerprint density at radius 2 is 0.588 bits per heavy atom. The van der Waals surface area contributed by atoms with E-state index in [4.69, 9.17) is 20.4 Å². The molecule has 0 aliphatic carbocycles. The first-order chi connectivity index (χ1) is 31.1. The fourth-order valence-electron chi connectivity index (χ4n) is 6.00. The van der Waals surface area contributed by atoms with Crippen molar-refractivity contribution in [3.8, 4) is 0 Å². The largest absolute Gasteiger partial charge is 0.197 e. The normalized spacial score (nSPS) is 13.4. The molecule has 0 aromatic heterocycles. The van der Waals surface area contributed by atoms with Gasteiger partial charge in [-0.3, -0.25) is 19.2 Å². The van der Waals surface area contributed by atoms with Crippen LogP contribution in [0.25, 0.3) is 0 Å². The zero-order valence-electron chi connectivity index (χ0n) is 43.4. The number of carboxylic acids is 4. The number of hydrogen-bond donors (Lipinski definition) is 8. The Kier molecular flexibility index (Phi) is 79.8. The maximum atomic E-state index is 10.5. The number of rotatable bonds is 32. The number of aliphatic carboxylic acids is 4. The van der Waals surface area contributed by atoms with Crippen molar-refractivity contribution in [2.75, 3.05) is 14.2 Å². The number of thiol groups is 4. The summed E-state index contributed by atoms with van der Waals surface area (Å²) in [6.07, 6.45) is 22.3. The van der Waals surface area contributed by atoms with Crippen molar-refractivity contribution in [1.82, 2.24) is 0 Å². The average Bonchev–Trinajstić information content (AvgIpc) is 3.29. The van der Waals surface area contributed by atoms with E-state index in [2.05, 4.69) is 115 Å². The van der Waals surface area contributed by atoms with E-state index in [1.807, 2.05) is 0 Å². The quantitative estimate of drug-likeness (QED) is 0.0180. The van der Waals surface area contributed by atoms with Crippen LogP contribution >= 0.6 is 77.5 Å². The van der Waals surface area contributed by atoms with Crippen molar-refractivity contribution >= 4 is 158 Å². The summed E-state index contributed by atoms with van der Waals surface area (Å²) >= 11 is 18.9. The van der Waals surface area contributed by atoms with E-state index in [0.29, 0.717) is 62.2 Å². The number of methoxy groups -OCH3 is 2. The van der Waals surface area contributed by atoms with Crippen LogP contribution in [0.1, 0.15) is 197 Å². The van der Waals surface area contributed by atoms with E-state index in [0.717, 1.165) is 60.2 Å². The molecule has 0 aliphatic rings. The summed E-state index contributed by atoms with van der Waals surface area (Å²) in [5.41, 5.74) is 0. The molecule has 406 valence electrons. The molecule has 0 aromatic carbocycles. The Morgan fingerprint density at radius 3 is 0.676 bits per heavy atom. The molecule has 0 bridgehead atoms. The van der Waals surface area contributed by atoms with Gasteiger partial charge in [0, 0.05) is 0 Å². The van der Waals surface area contributed by atoms with Gasteiger partial charge in [-0.05, 0) is 49.4 Å². The van der Waals surface area contributed by atoms with Crippen molar-refractivity contribution in [2.45, 2.75) is 227 Å². The molecule has 68 heavy (non-hydrogen) atoms. The molecular formula is C48H98O12S6Sn2. The molecule has 4 N–H and O–H groups in total. The van der Waals surface area contributed by atoms with E-state index >= 15 is 0 Å². The summed E-state index contributed by atoms with van der Waals surface area (Å²) in [5, 5.41) is 32.8. The van der Waals surface area contributed by atoms with Crippen molar-refractivity contribution in [2.24, 2.45) is 23.7 Å². The second-order valence-corrected chi connectivity index (χ2v) is 21.5. The third-order valence-corrected chi connectivity index (χ3v) is 13.8. The van der Waals surface area contributed by atoms with Crippen molar-refractivity contribution in [3.05, 3.63) is 0 Å². The summed E-state index contributed by atoms with van der Waals surface area (Å²) in [5.74, 6) is -1.27. The van der Waals surface area contributed by atoms with E-state index in [1.165, 1.54) is 111 Å². The van der Waals surface area contributed by atoms with Crippen LogP contribution in [0.2, 0.25) is 8.87 Å². The third kappa shape index (κ3) is 64.5. The molecule has 0 saturated heterocycles. The van der Waals surface area contributed by atoms with Gasteiger partial charge in [-0.2, -0.15) is 77.5 Å². The minimum Gasteiger partial charge on any atom is -0.197 e. The standard InChI is InChI=1S/4C10H20O2S.2C4H7O2.2H2S.2Sn/c4*1-3-5-6-8(4-2)7-9(13)10(11)12;2*1-3-4(5)6-2;;;;/h4*8-9,13H,3-7H2,1-2H3,(H,11,12);2*1,3H2,2H3;2*1H2;;. The molecule has 0 aliphatic heterocycles. The molecule has 0 aromatic rings. The Bertz CT molecular complexity index is 1010. The summed E-state index contributed by atoms with van der Waals surface area (Å²) in [6, 6.07) is 0. The Morgan fingerprint density at radius 1 is 0.412 bits per heavy atom. The number of ether oxygens (including phenoxy) is 2. The number of carbonyl (C=O) groups is 6. The molecule has 0 saturated carbocycles. The molecule has 0 rings (SSSR count). The number of carbonyl (C=O) groups excluding carboxylic acids is 2. The zero-order chi connectivity index (χ0) is 52.5. The van der Waals surface area contributed by atoms with E-state index in [9.17, 15) is 28.8 Å². The molecule has 0 spiro atoms. The van der Waals surface area contributed by atoms with Gasteiger partial charge in [-0.25, -0.2) is 0 Å². The Balaban J connectivity index is -0.000000107. The minimum absolute atomic E-state index is 0.